The van der Waals surface area contributed by atoms with Gasteiger partial charge in [0.1, 0.15) is 5.60 Å². The lowest BCUT2D eigenvalue weighted by Crippen LogP contribution is -2.51. The highest BCUT2D eigenvalue weighted by Crippen LogP contribution is 2.48. The number of benzene rings is 2. The van der Waals surface area contributed by atoms with Crippen molar-refractivity contribution in [3.8, 4) is 0 Å². The van der Waals surface area contributed by atoms with Crippen molar-refractivity contribution in [1.29, 1.82) is 0 Å². The predicted molar refractivity (Wildman–Crippen MR) is 116 cm³/mol. The summed E-state index contributed by atoms with van der Waals surface area (Å²) in [5, 5.41) is 10.6. The van der Waals surface area contributed by atoms with Crippen LogP contribution < -0.4 is 0 Å². The fraction of sp³-hybridized carbons (Fsp3) is 0.458. The number of cyclic esters (lactones) is 1. The van der Waals surface area contributed by atoms with Crippen LogP contribution in [-0.2, 0) is 10.3 Å². The van der Waals surface area contributed by atoms with Gasteiger partial charge in [-0.2, -0.15) is 0 Å². The first-order valence-electron chi connectivity index (χ1n) is 10.3. The fourth-order valence-corrected chi connectivity index (χ4v) is 4.84. The molecule has 0 aromatic heterocycles. The van der Waals surface area contributed by atoms with Crippen molar-refractivity contribution >= 4 is 22.0 Å². The van der Waals surface area contributed by atoms with Gasteiger partial charge < -0.3 is 14.7 Å². The van der Waals surface area contributed by atoms with Crippen LogP contribution in [0.2, 0.25) is 0 Å². The number of rotatable bonds is 6. The van der Waals surface area contributed by atoms with Crippen molar-refractivity contribution in [3.63, 3.8) is 0 Å². The van der Waals surface area contributed by atoms with Crippen LogP contribution in [0.15, 0.2) is 59.1 Å². The minimum atomic E-state index is -0.945. The van der Waals surface area contributed by atoms with Crippen molar-refractivity contribution in [3.05, 3.63) is 70.2 Å². The van der Waals surface area contributed by atoms with Gasteiger partial charge in [0, 0.05) is 23.9 Å². The van der Waals surface area contributed by atoms with E-state index in [1.54, 1.807) is 13.8 Å². The van der Waals surface area contributed by atoms with E-state index in [1.807, 2.05) is 47.4 Å². The highest BCUT2D eigenvalue weighted by atomic mass is 79.9. The number of nitrogens with zero attached hydrogens (tertiary/aromatic N) is 1. The summed E-state index contributed by atoms with van der Waals surface area (Å²) in [5.74, 6) is 0.488. The summed E-state index contributed by atoms with van der Waals surface area (Å²) in [6, 6.07) is 18.1. The quantitative estimate of drug-likeness (QED) is 0.596. The Hall–Kier alpha value is -1.85. The van der Waals surface area contributed by atoms with Gasteiger partial charge in [-0.15, -0.1) is 0 Å². The van der Waals surface area contributed by atoms with E-state index in [1.165, 1.54) is 0 Å². The van der Waals surface area contributed by atoms with Crippen LogP contribution in [0.25, 0.3) is 0 Å². The van der Waals surface area contributed by atoms with Gasteiger partial charge in [0.05, 0.1) is 11.6 Å². The van der Waals surface area contributed by atoms with Gasteiger partial charge in [-0.3, -0.25) is 0 Å². The van der Waals surface area contributed by atoms with Gasteiger partial charge in [-0.1, -0.05) is 58.4 Å². The molecule has 5 heteroatoms. The molecule has 0 unspecified atom stereocenters. The second-order valence-corrected chi connectivity index (χ2v) is 9.91. The zero-order chi connectivity index (χ0) is 20.6. The summed E-state index contributed by atoms with van der Waals surface area (Å²) in [5.41, 5.74) is 0.352. The van der Waals surface area contributed by atoms with Crippen LogP contribution in [0.1, 0.15) is 56.7 Å². The number of carbonyl (C=O) groups is 1. The summed E-state index contributed by atoms with van der Waals surface area (Å²) in [6.45, 7) is 4.15. The van der Waals surface area contributed by atoms with Crippen LogP contribution in [0.4, 0.5) is 4.79 Å². The molecule has 2 aliphatic rings. The number of carbonyl (C=O) groups excluding carboxylic acids is 1. The van der Waals surface area contributed by atoms with Crippen molar-refractivity contribution in [2.24, 2.45) is 5.92 Å². The molecule has 1 N–H and O–H groups in total. The molecule has 2 fully saturated rings. The van der Waals surface area contributed by atoms with Gasteiger partial charge in [0.25, 0.3) is 0 Å². The standard InChI is InChI=1S/C24H28BrNO3/c1-23(2,28)16-24(19-6-4-3-5-7-19)14-15-26(22(27)29-24)21(17-8-9-17)18-10-12-20(25)13-11-18/h3-7,10-13,17,21,28H,8-9,14-16H2,1-2H3/t21-,24-/m0/s1. The summed E-state index contributed by atoms with van der Waals surface area (Å²) in [7, 11) is 0. The van der Waals surface area contributed by atoms with E-state index in [9.17, 15) is 9.90 Å². The van der Waals surface area contributed by atoms with E-state index < -0.39 is 11.2 Å². The summed E-state index contributed by atoms with van der Waals surface area (Å²) >= 11 is 3.49. The molecule has 2 aromatic carbocycles. The number of halogens is 1. The van der Waals surface area contributed by atoms with E-state index in [2.05, 4.69) is 28.1 Å². The Bertz CT molecular complexity index is 858. The molecule has 2 atom stereocenters. The second kappa shape index (κ2) is 7.77. The van der Waals surface area contributed by atoms with Crippen LogP contribution >= 0.6 is 15.9 Å². The lowest BCUT2D eigenvalue weighted by atomic mass is 9.80. The molecule has 4 nitrogen and oxygen atoms in total. The number of aliphatic hydroxyl groups is 1. The predicted octanol–water partition coefficient (Wildman–Crippen LogP) is 5.80. The Morgan fingerprint density at radius 1 is 1.17 bits per heavy atom. The molecule has 4 rings (SSSR count). The molecule has 1 amide bonds. The molecule has 1 aliphatic carbocycles. The molecule has 0 bridgehead atoms. The van der Waals surface area contributed by atoms with Crippen LogP contribution in [0.5, 0.6) is 0 Å². The summed E-state index contributed by atoms with van der Waals surface area (Å²) in [6.07, 6.45) is 3.02. The molecular weight excluding hydrogens is 430 g/mol. The first kappa shape index (κ1) is 20.4. The van der Waals surface area contributed by atoms with Gasteiger partial charge in [0.2, 0.25) is 0 Å². The number of ether oxygens (including phenoxy) is 1. The Morgan fingerprint density at radius 2 is 1.83 bits per heavy atom. The van der Waals surface area contributed by atoms with Crippen molar-refractivity contribution in [2.75, 3.05) is 6.54 Å². The van der Waals surface area contributed by atoms with E-state index in [0.29, 0.717) is 25.3 Å². The molecule has 29 heavy (non-hydrogen) atoms. The number of hydrogen-bond acceptors (Lipinski definition) is 3. The third-order valence-electron chi connectivity index (χ3n) is 5.91. The third-order valence-corrected chi connectivity index (χ3v) is 6.44. The first-order valence-corrected chi connectivity index (χ1v) is 11.1. The van der Waals surface area contributed by atoms with Gasteiger partial charge in [0.15, 0.2) is 0 Å². The van der Waals surface area contributed by atoms with Gasteiger partial charge in [-0.25, -0.2) is 4.79 Å². The van der Waals surface area contributed by atoms with Gasteiger partial charge >= 0.3 is 6.09 Å². The molecule has 0 radical (unpaired) electrons. The molecule has 0 spiro atoms. The zero-order valence-electron chi connectivity index (χ0n) is 17.0. The zero-order valence-corrected chi connectivity index (χ0v) is 18.6. The minimum absolute atomic E-state index is 0.0477. The van der Waals surface area contributed by atoms with Crippen LogP contribution in [-0.4, -0.2) is 28.2 Å². The summed E-state index contributed by atoms with van der Waals surface area (Å²) in [4.78, 5) is 15.2. The smallest absolute Gasteiger partial charge is 0.411 e. The number of amides is 1. The average molecular weight is 458 g/mol. The van der Waals surface area contributed by atoms with Crippen molar-refractivity contribution < 1.29 is 14.6 Å². The molecule has 1 aliphatic heterocycles. The van der Waals surface area contributed by atoms with E-state index in [4.69, 9.17) is 4.74 Å². The largest absolute Gasteiger partial charge is 0.438 e. The second-order valence-electron chi connectivity index (χ2n) is 8.99. The van der Waals surface area contributed by atoms with E-state index >= 15 is 0 Å². The monoisotopic (exact) mass is 457 g/mol. The maximum Gasteiger partial charge on any atom is 0.411 e. The highest BCUT2D eigenvalue weighted by molar-refractivity contribution is 9.10. The SMILES string of the molecule is CC(C)(O)C[C@]1(c2ccccc2)CCN([C@H](c2ccc(Br)cc2)C2CC2)C(=O)O1. The molecule has 154 valence electrons. The topological polar surface area (TPSA) is 49.8 Å². The molecule has 1 saturated heterocycles. The van der Waals surface area contributed by atoms with Crippen molar-refractivity contribution in [2.45, 2.75) is 56.8 Å². The van der Waals surface area contributed by atoms with Gasteiger partial charge in [-0.05, 0) is 55.9 Å². The lowest BCUT2D eigenvalue weighted by Gasteiger charge is -2.46. The van der Waals surface area contributed by atoms with Crippen molar-refractivity contribution in [1.82, 2.24) is 4.90 Å². The maximum absolute atomic E-state index is 13.3. The normalized spacial score (nSPS) is 23.6. The van der Waals surface area contributed by atoms with E-state index in [-0.39, 0.29) is 12.1 Å². The van der Waals surface area contributed by atoms with Crippen LogP contribution in [0, 0.1) is 5.92 Å². The highest BCUT2D eigenvalue weighted by Gasteiger charge is 2.49. The van der Waals surface area contributed by atoms with E-state index in [0.717, 1.165) is 28.4 Å². The fourth-order valence-electron chi connectivity index (χ4n) is 4.57. The Morgan fingerprint density at radius 3 is 2.38 bits per heavy atom. The molecule has 1 heterocycles. The third kappa shape index (κ3) is 4.51. The average Bonchev–Trinajstić information content (AvgIpc) is 3.50. The Labute approximate surface area is 181 Å². The lowest BCUT2D eigenvalue weighted by molar-refractivity contribution is -0.103. The molecule has 1 saturated carbocycles. The molecule has 2 aromatic rings. The maximum atomic E-state index is 13.3. The Balaban J connectivity index is 1.62. The molecular formula is C24H28BrNO3. The first-order chi connectivity index (χ1) is 13.8. The number of hydrogen-bond donors (Lipinski definition) is 1. The Kier molecular flexibility index (Phi) is 5.47. The minimum Gasteiger partial charge on any atom is -0.438 e. The summed E-state index contributed by atoms with van der Waals surface area (Å²) < 4.78 is 7.20. The van der Waals surface area contributed by atoms with Crippen LogP contribution in [0.3, 0.4) is 0 Å².